The third-order valence-electron chi connectivity index (χ3n) is 3.83. The summed E-state index contributed by atoms with van der Waals surface area (Å²) in [6.07, 6.45) is 3.11. The van der Waals surface area contributed by atoms with Gasteiger partial charge < -0.3 is 0 Å². The first-order chi connectivity index (χ1) is 9.99. The van der Waals surface area contributed by atoms with E-state index in [1.54, 1.807) is 30.3 Å². The second-order valence-corrected chi connectivity index (χ2v) is 7.60. The Labute approximate surface area is 129 Å². The second-order valence-electron chi connectivity index (χ2n) is 5.50. The van der Waals surface area contributed by atoms with E-state index in [-0.39, 0.29) is 10.9 Å². The number of sulfonamides is 1. The topological polar surface area (TPSA) is 59.1 Å². The highest BCUT2D eigenvalue weighted by molar-refractivity contribution is 7.89. The molecule has 3 rings (SSSR count). The van der Waals surface area contributed by atoms with E-state index < -0.39 is 10.0 Å². The molecule has 1 N–H and O–H groups in total. The van der Waals surface area contributed by atoms with Crippen molar-refractivity contribution in [2.24, 2.45) is 5.92 Å². The monoisotopic (exact) mass is 324 g/mol. The Morgan fingerprint density at radius 1 is 1.33 bits per heavy atom. The number of nitrogens with zero attached hydrogens (tertiary/aromatic N) is 1. The van der Waals surface area contributed by atoms with E-state index in [2.05, 4.69) is 16.6 Å². The van der Waals surface area contributed by atoms with Crippen LogP contribution in [0.4, 0.5) is 0 Å². The van der Waals surface area contributed by atoms with Crippen LogP contribution in [0.1, 0.15) is 26.2 Å². The van der Waals surface area contributed by atoms with Gasteiger partial charge in [-0.15, -0.1) is 0 Å². The molecule has 112 valence electrons. The van der Waals surface area contributed by atoms with Crippen molar-refractivity contribution in [3.8, 4) is 0 Å². The number of hydrogen-bond acceptors (Lipinski definition) is 3. The van der Waals surface area contributed by atoms with Crippen molar-refractivity contribution in [3.05, 3.63) is 35.5 Å². The van der Waals surface area contributed by atoms with Crippen LogP contribution in [-0.2, 0) is 10.0 Å². The fourth-order valence-electron chi connectivity index (χ4n) is 2.60. The van der Waals surface area contributed by atoms with Crippen molar-refractivity contribution in [2.75, 3.05) is 0 Å². The quantitative estimate of drug-likeness (QED) is 0.858. The number of aromatic nitrogens is 1. The average Bonchev–Trinajstić information content (AvgIpc) is 3.15. The summed E-state index contributed by atoms with van der Waals surface area (Å²) in [4.78, 5) is 4.44. The summed E-state index contributed by atoms with van der Waals surface area (Å²) in [5.41, 5.74) is 0.691. The molecule has 2 unspecified atom stereocenters. The zero-order chi connectivity index (χ0) is 15.0. The van der Waals surface area contributed by atoms with Gasteiger partial charge in [0.25, 0.3) is 0 Å². The van der Waals surface area contributed by atoms with Gasteiger partial charge in [0.15, 0.2) is 0 Å². The molecule has 0 saturated heterocycles. The molecule has 1 aromatic carbocycles. The summed E-state index contributed by atoms with van der Waals surface area (Å²) in [6, 6.07) is 8.43. The minimum Gasteiger partial charge on any atom is -0.236 e. The summed E-state index contributed by atoms with van der Waals surface area (Å²) in [6.45, 7) is 2.12. The number of halogens is 1. The first-order valence-electron chi connectivity index (χ1n) is 7.08. The van der Waals surface area contributed by atoms with Gasteiger partial charge in [0.1, 0.15) is 5.15 Å². The van der Waals surface area contributed by atoms with Crippen molar-refractivity contribution in [3.63, 3.8) is 0 Å². The van der Waals surface area contributed by atoms with Crippen molar-refractivity contribution in [2.45, 2.75) is 37.1 Å². The van der Waals surface area contributed by atoms with Crippen molar-refractivity contribution in [1.29, 1.82) is 0 Å². The predicted octanol–water partition coefficient (Wildman–Crippen LogP) is 3.36. The van der Waals surface area contributed by atoms with Crippen LogP contribution in [0.3, 0.4) is 0 Å². The summed E-state index contributed by atoms with van der Waals surface area (Å²) >= 11 is 5.83. The molecule has 6 heteroatoms. The summed E-state index contributed by atoms with van der Waals surface area (Å²) < 4.78 is 27.6. The highest BCUT2D eigenvalue weighted by Gasteiger charge is 2.39. The van der Waals surface area contributed by atoms with Crippen molar-refractivity contribution >= 4 is 32.5 Å². The summed E-state index contributed by atoms with van der Waals surface area (Å²) in [5.74, 6) is 0.491. The van der Waals surface area contributed by atoms with Crippen LogP contribution in [0, 0.1) is 5.92 Å². The SMILES string of the molecule is CCCC1CC1NS(=O)(=O)c1ccc2nc(Cl)ccc2c1. The van der Waals surface area contributed by atoms with Gasteiger partial charge in [-0.25, -0.2) is 18.1 Å². The maximum Gasteiger partial charge on any atom is 0.240 e. The lowest BCUT2D eigenvalue weighted by Crippen LogP contribution is -2.27. The first-order valence-corrected chi connectivity index (χ1v) is 8.94. The molecule has 0 amide bonds. The summed E-state index contributed by atoms with van der Waals surface area (Å²) in [5, 5.41) is 1.17. The maximum atomic E-state index is 12.4. The van der Waals surface area contributed by atoms with Gasteiger partial charge >= 0.3 is 0 Å². The van der Waals surface area contributed by atoms with Crippen LogP contribution in [0.5, 0.6) is 0 Å². The molecular formula is C15H17ClN2O2S. The van der Waals surface area contributed by atoms with Crippen LogP contribution in [0.15, 0.2) is 35.2 Å². The highest BCUT2D eigenvalue weighted by Crippen LogP contribution is 2.35. The van der Waals surface area contributed by atoms with Gasteiger partial charge in [-0.1, -0.05) is 24.9 Å². The second kappa shape index (κ2) is 5.55. The fourth-order valence-corrected chi connectivity index (χ4v) is 4.10. The molecular weight excluding hydrogens is 308 g/mol. The zero-order valence-electron chi connectivity index (χ0n) is 11.7. The largest absolute Gasteiger partial charge is 0.240 e. The molecule has 1 heterocycles. The van der Waals surface area contributed by atoms with E-state index in [0.29, 0.717) is 16.6 Å². The molecule has 0 radical (unpaired) electrons. The smallest absolute Gasteiger partial charge is 0.236 e. The fraction of sp³-hybridized carbons (Fsp3) is 0.400. The Balaban J connectivity index is 1.84. The minimum atomic E-state index is -3.46. The third kappa shape index (κ3) is 3.20. The van der Waals surface area contributed by atoms with Gasteiger partial charge in [-0.2, -0.15) is 0 Å². The molecule has 2 aromatic rings. The van der Waals surface area contributed by atoms with E-state index in [0.717, 1.165) is 24.6 Å². The molecule has 1 aliphatic rings. The molecule has 4 nitrogen and oxygen atoms in total. The zero-order valence-corrected chi connectivity index (χ0v) is 13.3. The molecule has 1 fully saturated rings. The lowest BCUT2D eigenvalue weighted by Gasteiger charge is -2.07. The van der Waals surface area contributed by atoms with E-state index in [9.17, 15) is 8.42 Å². The molecule has 21 heavy (non-hydrogen) atoms. The molecule has 0 spiro atoms. The lowest BCUT2D eigenvalue weighted by atomic mass is 10.2. The first kappa shape index (κ1) is 14.8. The number of benzene rings is 1. The molecule has 2 atom stereocenters. The Morgan fingerprint density at radius 3 is 2.90 bits per heavy atom. The highest BCUT2D eigenvalue weighted by atomic mass is 35.5. The van der Waals surface area contributed by atoms with Gasteiger partial charge in [0.2, 0.25) is 10.0 Å². The number of fused-ring (bicyclic) bond motifs is 1. The van der Waals surface area contributed by atoms with E-state index in [1.807, 2.05) is 0 Å². The molecule has 1 aliphatic carbocycles. The minimum absolute atomic E-state index is 0.0917. The predicted molar refractivity (Wildman–Crippen MR) is 83.9 cm³/mol. The molecule has 0 bridgehead atoms. The van der Waals surface area contributed by atoms with Crippen LogP contribution >= 0.6 is 11.6 Å². The third-order valence-corrected chi connectivity index (χ3v) is 5.52. The molecule has 1 aromatic heterocycles. The van der Waals surface area contributed by atoms with E-state index in [1.165, 1.54) is 0 Å². The molecule has 0 aliphatic heterocycles. The standard InChI is InChI=1S/C15H17ClN2O2S/c1-2-3-10-9-14(10)18-21(19,20)12-5-6-13-11(8-12)4-7-15(16)17-13/h4-8,10,14,18H,2-3,9H2,1H3. The number of rotatable bonds is 5. The maximum absolute atomic E-state index is 12.4. The Hall–Kier alpha value is -1.17. The van der Waals surface area contributed by atoms with Crippen LogP contribution in [0.2, 0.25) is 5.15 Å². The van der Waals surface area contributed by atoms with E-state index in [4.69, 9.17) is 11.6 Å². The van der Waals surface area contributed by atoms with Gasteiger partial charge in [-0.05, 0) is 49.1 Å². The summed E-state index contributed by atoms with van der Waals surface area (Å²) in [7, 11) is -3.46. The normalized spacial score (nSPS) is 21.6. The van der Waals surface area contributed by atoms with Gasteiger partial charge in [-0.3, -0.25) is 0 Å². The Morgan fingerprint density at radius 2 is 2.14 bits per heavy atom. The van der Waals surface area contributed by atoms with Crippen LogP contribution < -0.4 is 4.72 Å². The number of nitrogens with one attached hydrogen (secondary N) is 1. The van der Waals surface area contributed by atoms with Crippen molar-refractivity contribution in [1.82, 2.24) is 9.71 Å². The van der Waals surface area contributed by atoms with Gasteiger partial charge in [0, 0.05) is 11.4 Å². The number of hydrogen-bond donors (Lipinski definition) is 1. The van der Waals surface area contributed by atoms with Crippen LogP contribution in [-0.4, -0.2) is 19.4 Å². The number of pyridine rings is 1. The molecule has 1 saturated carbocycles. The van der Waals surface area contributed by atoms with Gasteiger partial charge in [0.05, 0.1) is 10.4 Å². The van der Waals surface area contributed by atoms with Crippen molar-refractivity contribution < 1.29 is 8.42 Å². The lowest BCUT2D eigenvalue weighted by molar-refractivity contribution is 0.573. The Kier molecular flexibility index (Phi) is 3.90. The van der Waals surface area contributed by atoms with Crippen LogP contribution in [0.25, 0.3) is 10.9 Å². The average molecular weight is 325 g/mol. The van der Waals surface area contributed by atoms with E-state index >= 15 is 0 Å². The Bertz CT molecular complexity index is 776.